The Balaban J connectivity index is 1.53. The minimum Gasteiger partial charge on any atom is -0.380 e. The molecule has 0 radical (unpaired) electrons. The molecule has 0 N–H and O–H groups in total. The third-order valence-corrected chi connectivity index (χ3v) is 7.50. The van der Waals surface area contributed by atoms with Gasteiger partial charge < -0.3 is 4.74 Å². The zero-order valence-corrected chi connectivity index (χ0v) is 16.7. The van der Waals surface area contributed by atoms with Crippen LogP contribution in [0.5, 0.6) is 0 Å². The molecule has 156 valence electrons. The highest BCUT2D eigenvalue weighted by molar-refractivity contribution is 7.89. The summed E-state index contributed by atoms with van der Waals surface area (Å²) in [5.74, 6) is -1.90. The maximum atomic E-state index is 14.1. The Kier molecular flexibility index (Phi) is 5.91. The van der Waals surface area contributed by atoms with Gasteiger partial charge in [0, 0.05) is 56.6 Å². The van der Waals surface area contributed by atoms with E-state index in [1.54, 1.807) is 6.20 Å². The van der Waals surface area contributed by atoms with Crippen molar-refractivity contribution in [3.8, 4) is 0 Å². The minimum atomic E-state index is -4.04. The average molecular weight is 423 g/mol. The summed E-state index contributed by atoms with van der Waals surface area (Å²) in [7, 11) is -4.04. The molecule has 3 heterocycles. The highest BCUT2D eigenvalue weighted by atomic mass is 32.2. The molecular formula is C20H23F2N3O3S. The van der Waals surface area contributed by atoms with Crippen LogP contribution < -0.4 is 0 Å². The normalized spacial score (nSPS) is 24.1. The third-order valence-electron chi connectivity index (χ3n) is 5.60. The van der Waals surface area contributed by atoms with Gasteiger partial charge in [0.15, 0.2) is 0 Å². The summed E-state index contributed by atoms with van der Waals surface area (Å²) in [6.07, 6.45) is 4.18. The Hall–Kier alpha value is -1.94. The lowest BCUT2D eigenvalue weighted by molar-refractivity contribution is 0.0761. The first-order chi connectivity index (χ1) is 13.9. The van der Waals surface area contributed by atoms with Crippen molar-refractivity contribution in [1.82, 2.24) is 14.2 Å². The van der Waals surface area contributed by atoms with Crippen molar-refractivity contribution in [2.24, 2.45) is 5.92 Å². The number of rotatable bonds is 4. The molecule has 0 aliphatic carbocycles. The first-order valence-electron chi connectivity index (χ1n) is 9.61. The summed E-state index contributed by atoms with van der Waals surface area (Å²) in [5, 5.41) is 0. The van der Waals surface area contributed by atoms with Gasteiger partial charge in [-0.2, -0.15) is 4.31 Å². The zero-order chi connectivity index (χ0) is 20.4. The van der Waals surface area contributed by atoms with Gasteiger partial charge in [-0.25, -0.2) is 17.2 Å². The van der Waals surface area contributed by atoms with E-state index in [1.165, 1.54) is 4.31 Å². The number of hydrogen-bond acceptors (Lipinski definition) is 5. The average Bonchev–Trinajstić information content (AvgIpc) is 2.90. The van der Waals surface area contributed by atoms with E-state index in [2.05, 4.69) is 9.88 Å². The Morgan fingerprint density at radius 1 is 1.21 bits per heavy atom. The van der Waals surface area contributed by atoms with Crippen molar-refractivity contribution >= 4 is 10.0 Å². The third kappa shape index (κ3) is 4.32. The van der Waals surface area contributed by atoms with E-state index in [-0.39, 0.29) is 25.0 Å². The van der Waals surface area contributed by atoms with Crippen molar-refractivity contribution in [1.29, 1.82) is 0 Å². The Bertz CT molecular complexity index is 959. The molecule has 4 rings (SSSR count). The Labute approximate surface area is 169 Å². The molecule has 2 aromatic rings. The van der Waals surface area contributed by atoms with Crippen molar-refractivity contribution in [2.75, 3.05) is 32.8 Å². The van der Waals surface area contributed by atoms with E-state index in [1.807, 2.05) is 18.3 Å². The number of halogens is 2. The second-order valence-electron chi connectivity index (χ2n) is 7.46. The molecule has 0 spiro atoms. The molecule has 0 amide bonds. The van der Waals surface area contributed by atoms with Crippen LogP contribution in [0.2, 0.25) is 0 Å². The molecule has 29 heavy (non-hydrogen) atoms. The number of aromatic nitrogens is 1. The summed E-state index contributed by atoms with van der Waals surface area (Å²) in [4.78, 5) is 5.99. The van der Waals surface area contributed by atoms with Crippen LogP contribution in [0, 0.1) is 17.6 Å². The van der Waals surface area contributed by atoms with Crippen molar-refractivity contribution < 1.29 is 21.9 Å². The molecule has 1 aromatic heterocycles. The second-order valence-corrected chi connectivity index (χ2v) is 9.37. The predicted octanol–water partition coefficient (Wildman–Crippen LogP) is 2.27. The molecule has 0 bridgehead atoms. The van der Waals surface area contributed by atoms with Crippen LogP contribution in [0.4, 0.5) is 8.78 Å². The predicted molar refractivity (Wildman–Crippen MR) is 102 cm³/mol. The van der Waals surface area contributed by atoms with Crippen LogP contribution in [0.3, 0.4) is 0 Å². The fourth-order valence-corrected chi connectivity index (χ4v) is 5.73. The minimum absolute atomic E-state index is 0.0267. The van der Waals surface area contributed by atoms with E-state index in [0.717, 1.165) is 30.8 Å². The van der Waals surface area contributed by atoms with Crippen LogP contribution in [0.25, 0.3) is 0 Å². The van der Waals surface area contributed by atoms with Crippen molar-refractivity contribution in [2.45, 2.75) is 23.9 Å². The van der Waals surface area contributed by atoms with Crippen molar-refractivity contribution in [3.05, 3.63) is 59.9 Å². The fourth-order valence-electron chi connectivity index (χ4n) is 4.18. The summed E-state index contributed by atoms with van der Waals surface area (Å²) in [6.45, 7) is 3.03. The molecule has 1 aromatic carbocycles. The highest BCUT2D eigenvalue weighted by Gasteiger charge is 2.40. The van der Waals surface area contributed by atoms with Crippen LogP contribution in [-0.2, 0) is 21.3 Å². The highest BCUT2D eigenvalue weighted by Crippen LogP contribution is 2.30. The number of benzene rings is 1. The first kappa shape index (κ1) is 20.3. The number of piperidine rings is 1. The number of nitrogens with zero attached hydrogens (tertiary/aromatic N) is 3. The lowest BCUT2D eigenvalue weighted by Crippen LogP contribution is -2.52. The smallest absolute Gasteiger partial charge is 0.245 e. The maximum absolute atomic E-state index is 14.1. The van der Waals surface area contributed by atoms with Gasteiger partial charge in [0.1, 0.15) is 16.5 Å². The topological polar surface area (TPSA) is 62.7 Å². The second kappa shape index (κ2) is 8.43. The molecule has 2 aliphatic heterocycles. The molecule has 2 aliphatic rings. The molecule has 2 fully saturated rings. The summed E-state index contributed by atoms with van der Waals surface area (Å²) < 4.78 is 60.2. The molecule has 0 unspecified atom stereocenters. The first-order valence-corrected chi connectivity index (χ1v) is 11.0. The quantitative estimate of drug-likeness (QED) is 0.755. The van der Waals surface area contributed by atoms with E-state index in [0.29, 0.717) is 25.7 Å². The molecule has 0 saturated carbocycles. The van der Waals surface area contributed by atoms with Gasteiger partial charge >= 0.3 is 0 Å². The van der Waals surface area contributed by atoms with Gasteiger partial charge in [-0.3, -0.25) is 9.88 Å². The van der Waals surface area contributed by atoms with Crippen LogP contribution >= 0.6 is 0 Å². The van der Waals surface area contributed by atoms with Crippen molar-refractivity contribution in [3.63, 3.8) is 0 Å². The fraction of sp³-hybridized carbons (Fsp3) is 0.450. The van der Waals surface area contributed by atoms with E-state index >= 15 is 0 Å². The van der Waals surface area contributed by atoms with Crippen LogP contribution in [0.1, 0.15) is 12.0 Å². The summed E-state index contributed by atoms with van der Waals surface area (Å²) >= 11 is 0. The molecular weight excluding hydrogens is 400 g/mol. The number of fused-ring (bicyclic) bond motifs is 1. The van der Waals surface area contributed by atoms with E-state index < -0.39 is 26.6 Å². The monoisotopic (exact) mass is 423 g/mol. The van der Waals surface area contributed by atoms with Gasteiger partial charge in [0.05, 0.1) is 13.2 Å². The number of ether oxygens (including phenoxy) is 1. The largest absolute Gasteiger partial charge is 0.380 e. The van der Waals surface area contributed by atoms with Gasteiger partial charge in [0.2, 0.25) is 10.0 Å². The van der Waals surface area contributed by atoms with Gasteiger partial charge in [-0.1, -0.05) is 6.07 Å². The zero-order valence-electron chi connectivity index (χ0n) is 15.9. The van der Waals surface area contributed by atoms with Gasteiger partial charge in [0.25, 0.3) is 0 Å². The molecule has 2 saturated heterocycles. The Morgan fingerprint density at radius 3 is 2.83 bits per heavy atom. The van der Waals surface area contributed by atoms with E-state index in [9.17, 15) is 17.2 Å². The standard InChI is InChI=1S/C20H23F2N3O3S/c21-17-3-4-20(18(22)10-17)29(26,27)25-7-5-19-16(13-25)14-28-9-8-24(19)12-15-2-1-6-23-11-15/h1-4,6,10-11,16,19H,5,7-9,12-14H2/t16-,19-/m1/s1. The lowest BCUT2D eigenvalue weighted by Gasteiger charge is -2.41. The Morgan fingerprint density at radius 2 is 2.07 bits per heavy atom. The SMILES string of the molecule is O=S(=O)(c1ccc(F)cc1F)N1CC[C@@H]2[C@@H](COCCN2Cc2cccnc2)C1. The van der Waals surface area contributed by atoms with Gasteiger partial charge in [-0.05, 0) is 30.2 Å². The summed E-state index contributed by atoms with van der Waals surface area (Å²) in [6, 6.07) is 6.64. The molecule has 2 atom stereocenters. The maximum Gasteiger partial charge on any atom is 0.245 e. The summed E-state index contributed by atoms with van der Waals surface area (Å²) in [5.41, 5.74) is 1.09. The van der Waals surface area contributed by atoms with Crippen LogP contribution in [-0.4, -0.2) is 61.5 Å². The molecule has 6 nitrogen and oxygen atoms in total. The lowest BCUT2D eigenvalue weighted by atomic mass is 9.92. The van der Waals surface area contributed by atoms with E-state index in [4.69, 9.17) is 4.74 Å². The van der Waals surface area contributed by atoms with Crippen LogP contribution in [0.15, 0.2) is 47.6 Å². The number of pyridine rings is 1. The van der Waals surface area contributed by atoms with Gasteiger partial charge in [-0.15, -0.1) is 0 Å². The molecule has 9 heteroatoms. The number of hydrogen-bond donors (Lipinski definition) is 0. The number of sulfonamides is 1.